The summed E-state index contributed by atoms with van der Waals surface area (Å²) in [4.78, 5) is 15.1. The highest BCUT2D eigenvalue weighted by molar-refractivity contribution is 5.55. The summed E-state index contributed by atoms with van der Waals surface area (Å²) in [5, 5.41) is 19.7. The molecular formula is C22H24N4O2. The Kier molecular flexibility index (Phi) is 6.41. The van der Waals surface area contributed by atoms with E-state index in [2.05, 4.69) is 28.1 Å². The molecule has 1 fully saturated rings. The first-order chi connectivity index (χ1) is 13.5. The standard InChI is InChI=1S/C22H24N4O2/c1-18-16-20(17-23)2-5-21(18)9-11-25-14-12-24(13-15-25)10-8-19-3-6-22(7-4-19)26(27)28/h2-7,9,11,16H,8,10,12-15H2,1H3/b11-9+. The van der Waals surface area contributed by atoms with Crippen molar-refractivity contribution in [3.8, 4) is 6.07 Å². The highest BCUT2D eigenvalue weighted by Crippen LogP contribution is 2.15. The van der Waals surface area contributed by atoms with Gasteiger partial charge < -0.3 is 4.90 Å². The average Bonchev–Trinajstić information content (AvgIpc) is 2.72. The van der Waals surface area contributed by atoms with Crippen molar-refractivity contribution in [2.75, 3.05) is 32.7 Å². The van der Waals surface area contributed by atoms with Crippen molar-refractivity contribution in [2.45, 2.75) is 13.3 Å². The second kappa shape index (κ2) is 9.16. The van der Waals surface area contributed by atoms with E-state index >= 15 is 0 Å². The van der Waals surface area contributed by atoms with Crippen molar-refractivity contribution in [3.63, 3.8) is 0 Å². The number of non-ortho nitro benzene ring substituents is 1. The van der Waals surface area contributed by atoms with Gasteiger partial charge in [-0.2, -0.15) is 5.26 Å². The SMILES string of the molecule is Cc1cc(C#N)ccc1/C=C/N1CCN(CCc2ccc([N+](=O)[O-])cc2)CC1. The molecule has 0 atom stereocenters. The van der Waals surface area contributed by atoms with E-state index in [1.54, 1.807) is 12.1 Å². The maximum atomic E-state index is 10.7. The fraction of sp³-hybridized carbons (Fsp3) is 0.318. The minimum Gasteiger partial charge on any atom is -0.375 e. The predicted molar refractivity (Wildman–Crippen MR) is 110 cm³/mol. The minimum atomic E-state index is -0.365. The van der Waals surface area contributed by atoms with E-state index in [0.29, 0.717) is 5.56 Å². The third-order valence-corrected chi connectivity index (χ3v) is 5.13. The number of hydrogen-bond acceptors (Lipinski definition) is 5. The fourth-order valence-corrected chi connectivity index (χ4v) is 3.33. The molecule has 6 heteroatoms. The van der Waals surface area contributed by atoms with Crippen LogP contribution in [-0.2, 0) is 6.42 Å². The topological polar surface area (TPSA) is 73.4 Å². The van der Waals surface area contributed by atoms with Crippen molar-refractivity contribution in [2.24, 2.45) is 0 Å². The van der Waals surface area contributed by atoms with E-state index in [9.17, 15) is 10.1 Å². The zero-order chi connectivity index (χ0) is 19.9. The largest absolute Gasteiger partial charge is 0.375 e. The number of benzene rings is 2. The van der Waals surface area contributed by atoms with Gasteiger partial charge in [0.15, 0.2) is 0 Å². The van der Waals surface area contributed by atoms with Gasteiger partial charge in [0.05, 0.1) is 16.6 Å². The van der Waals surface area contributed by atoms with Crippen LogP contribution in [0, 0.1) is 28.4 Å². The second-order valence-corrected chi connectivity index (χ2v) is 7.05. The molecule has 1 aliphatic heterocycles. The van der Waals surface area contributed by atoms with Gasteiger partial charge in [0.1, 0.15) is 0 Å². The Morgan fingerprint density at radius 1 is 1.14 bits per heavy atom. The van der Waals surface area contributed by atoms with E-state index in [0.717, 1.165) is 55.8 Å². The molecule has 1 saturated heterocycles. The van der Waals surface area contributed by atoms with Crippen LogP contribution in [-0.4, -0.2) is 47.4 Å². The third-order valence-electron chi connectivity index (χ3n) is 5.13. The summed E-state index contributed by atoms with van der Waals surface area (Å²) in [5.41, 5.74) is 4.21. The molecule has 0 N–H and O–H groups in total. The van der Waals surface area contributed by atoms with Crippen molar-refractivity contribution in [3.05, 3.63) is 81.0 Å². The molecule has 28 heavy (non-hydrogen) atoms. The second-order valence-electron chi connectivity index (χ2n) is 7.05. The zero-order valence-corrected chi connectivity index (χ0v) is 16.0. The van der Waals surface area contributed by atoms with Gasteiger partial charge in [0.2, 0.25) is 0 Å². The van der Waals surface area contributed by atoms with Crippen LogP contribution in [0.4, 0.5) is 5.69 Å². The Hall–Kier alpha value is -3.17. The number of nitriles is 1. The van der Waals surface area contributed by atoms with Crippen LogP contribution < -0.4 is 0 Å². The molecule has 0 saturated carbocycles. The molecule has 0 aromatic heterocycles. The fourth-order valence-electron chi connectivity index (χ4n) is 3.33. The predicted octanol–water partition coefficient (Wildman–Crippen LogP) is 3.61. The van der Waals surface area contributed by atoms with Crippen LogP contribution in [0.25, 0.3) is 6.08 Å². The maximum absolute atomic E-state index is 10.7. The lowest BCUT2D eigenvalue weighted by molar-refractivity contribution is -0.384. The van der Waals surface area contributed by atoms with Gasteiger partial charge in [-0.15, -0.1) is 0 Å². The number of rotatable bonds is 6. The molecule has 144 valence electrons. The Morgan fingerprint density at radius 3 is 2.46 bits per heavy atom. The van der Waals surface area contributed by atoms with E-state index in [-0.39, 0.29) is 10.6 Å². The van der Waals surface area contributed by atoms with Crippen molar-refractivity contribution in [1.29, 1.82) is 5.26 Å². The summed E-state index contributed by atoms with van der Waals surface area (Å²) in [7, 11) is 0. The summed E-state index contributed by atoms with van der Waals surface area (Å²) in [6.45, 7) is 6.95. The first-order valence-corrected chi connectivity index (χ1v) is 9.44. The smallest absolute Gasteiger partial charge is 0.269 e. The van der Waals surface area contributed by atoms with Gasteiger partial charge in [-0.25, -0.2) is 0 Å². The summed E-state index contributed by atoms with van der Waals surface area (Å²) < 4.78 is 0. The van der Waals surface area contributed by atoms with Crippen molar-refractivity contribution < 1.29 is 4.92 Å². The van der Waals surface area contributed by atoms with Crippen LogP contribution >= 0.6 is 0 Å². The normalized spacial score (nSPS) is 14.9. The van der Waals surface area contributed by atoms with E-state index in [1.165, 1.54) is 0 Å². The van der Waals surface area contributed by atoms with Crippen LogP contribution in [0.5, 0.6) is 0 Å². The van der Waals surface area contributed by atoms with Gasteiger partial charge in [-0.3, -0.25) is 15.0 Å². The summed E-state index contributed by atoms with van der Waals surface area (Å²) in [5.74, 6) is 0. The van der Waals surface area contributed by atoms with E-state index in [4.69, 9.17) is 5.26 Å². The maximum Gasteiger partial charge on any atom is 0.269 e. The van der Waals surface area contributed by atoms with Crippen LogP contribution in [0.1, 0.15) is 22.3 Å². The molecule has 0 amide bonds. The van der Waals surface area contributed by atoms with Crippen LogP contribution in [0.3, 0.4) is 0 Å². The van der Waals surface area contributed by atoms with Crippen molar-refractivity contribution in [1.82, 2.24) is 9.80 Å². The first kappa shape index (κ1) is 19.6. The highest BCUT2D eigenvalue weighted by atomic mass is 16.6. The molecule has 0 unspecified atom stereocenters. The highest BCUT2D eigenvalue weighted by Gasteiger charge is 2.14. The molecule has 2 aromatic rings. The third kappa shape index (κ3) is 5.18. The Labute approximate surface area is 165 Å². The summed E-state index contributed by atoms with van der Waals surface area (Å²) in [6.07, 6.45) is 5.16. The number of aryl methyl sites for hydroxylation is 1. The molecule has 0 aliphatic carbocycles. The molecule has 0 radical (unpaired) electrons. The quantitative estimate of drug-likeness (QED) is 0.569. The Morgan fingerprint density at radius 2 is 1.86 bits per heavy atom. The number of nitrogens with zero attached hydrogens (tertiary/aromatic N) is 4. The summed E-state index contributed by atoms with van der Waals surface area (Å²) in [6, 6.07) is 14.8. The average molecular weight is 376 g/mol. The molecule has 0 bridgehead atoms. The summed E-state index contributed by atoms with van der Waals surface area (Å²) >= 11 is 0. The number of nitro benzene ring substituents is 1. The van der Waals surface area contributed by atoms with Crippen molar-refractivity contribution >= 4 is 11.8 Å². The van der Waals surface area contributed by atoms with Crippen LogP contribution in [0.2, 0.25) is 0 Å². The molecule has 3 rings (SSSR count). The molecule has 1 heterocycles. The van der Waals surface area contributed by atoms with Gasteiger partial charge in [0.25, 0.3) is 5.69 Å². The first-order valence-electron chi connectivity index (χ1n) is 9.44. The molecule has 2 aromatic carbocycles. The molecule has 0 spiro atoms. The van der Waals surface area contributed by atoms with Gasteiger partial charge in [0, 0.05) is 44.9 Å². The lowest BCUT2D eigenvalue weighted by atomic mass is 10.1. The lowest BCUT2D eigenvalue weighted by Crippen LogP contribution is -2.44. The molecule has 6 nitrogen and oxygen atoms in total. The number of piperazine rings is 1. The Bertz CT molecular complexity index is 892. The number of nitro groups is 1. The lowest BCUT2D eigenvalue weighted by Gasteiger charge is -2.34. The van der Waals surface area contributed by atoms with Gasteiger partial charge in [-0.05, 0) is 54.4 Å². The van der Waals surface area contributed by atoms with E-state index < -0.39 is 0 Å². The molecular weight excluding hydrogens is 352 g/mol. The van der Waals surface area contributed by atoms with Gasteiger partial charge in [-0.1, -0.05) is 18.2 Å². The zero-order valence-electron chi connectivity index (χ0n) is 16.0. The minimum absolute atomic E-state index is 0.140. The van der Waals surface area contributed by atoms with E-state index in [1.807, 2.05) is 37.3 Å². The molecule has 1 aliphatic rings. The van der Waals surface area contributed by atoms with Gasteiger partial charge >= 0.3 is 0 Å². The Balaban J connectivity index is 1.45. The van der Waals surface area contributed by atoms with Crippen LogP contribution in [0.15, 0.2) is 48.7 Å². The monoisotopic (exact) mass is 376 g/mol. The number of hydrogen-bond donors (Lipinski definition) is 0.